The average Bonchev–Trinajstić information content (AvgIpc) is 3.24. The number of nitro benzene ring substituents is 1. The number of hydrogen-bond acceptors (Lipinski definition) is 6. The smallest absolute Gasteiger partial charge is 0.295 e. The van der Waals surface area contributed by atoms with Crippen LogP contribution in [0.4, 0.5) is 11.4 Å². The molecule has 0 atom stereocenters. The fraction of sp³-hybridized carbons (Fsp3) is 0.417. The number of hydrogen-bond donors (Lipinski definition) is 3. The van der Waals surface area contributed by atoms with E-state index in [2.05, 4.69) is 10.7 Å². The van der Waals surface area contributed by atoms with E-state index >= 15 is 0 Å². The van der Waals surface area contributed by atoms with E-state index in [0.717, 1.165) is 18.9 Å². The molecule has 1 aromatic carbocycles. The summed E-state index contributed by atoms with van der Waals surface area (Å²) in [6.07, 6.45) is 4.12. The van der Waals surface area contributed by atoms with E-state index in [4.69, 9.17) is 17.4 Å². The summed E-state index contributed by atoms with van der Waals surface area (Å²) >= 11 is 7.64. The quantitative estimate of drug-likeness (QED) is 0.419. The molecule has 0 unspecified atom stereocenters. The molecule has 0 aliphatic heterocycles. The lowest BCUT2D eigenvalue weighted by Gasteiger charge is -2.13. The van der Waals surface area contributed by atoms with E-state index in [0.29, 0.717) is 6.54 Å². The average molecular weight is 331 g/mol. The summed E-state index contributed by atoms with van der Waals surface area (Å²) in [5.41, 5.74) is 1.97. The summed E-state index contributed by atoms with van der Waals surface area (Å²) in [6.45, 7) is 0.537. The highest BCUT2D eigenvalue weighted by atomic mass is 35.5. The number of nitrogen functional groups attached to an aromatic ring is 1. The Balaban J connectivity index is 2.19. The van der Waals surface area contributed by atoms with Crippen LogP contribution in [0.1, 0.15) is 23.2 Å². The third-order valence-electron chi connectivity index (χ3n) is 3.48. The maximum atomic E-state index is 12.1. The van der Waals surface area contributed by atoms with E-state index in [-0.39, 0.29) is 32.6 Å². The van der Waals surface area contributed by atoms with Crippen molar-refractivity contribution in [1.29, 1.82) is 0 Å². The number of nitro groups is 1. The third-order valence-corrected chi connectivity index (χ3v) is 5.20. The molecular formula is C12H15ClN4O3S. The van der Waals surface area contributed by atoms with Crippen molar-refractivity contribution in [2.24, 2.45) is 5.84 Å². The first-order valence-corrected chi connectivity index (χ1v) is 7.80. The van der Waals surface area contributed by atoms with Gasteiger partial charge in [0.2, 0.25) is 0 Å². The summed E-state index contributed by atoms with van der Waals surface area (Å²) in [4.78, 5) is 22.5. The van der Waals surface area contributed by atoms with Gasteiger partial charge in [0, 0.05) is 22.9 Å². The number of amides is 1. The van der Waals surface area contributed by atoms with E-state index in [1.807, 2.05) is 6.26 Å². The number of nitrogens with two attached hydrogens (primary N) is 1. The van der Waals surface area contributed by atoms with Crippen LogP contribution in [0, 0.1) is 10.1 Å². The van der Waals surface area contributed by atoms with E-state index in [1.165, 1.54) is 6.07 Å². The standard InChI is InChI=1S/C12H15ClN4O3S/c1-21-12(2-3-12)6-15-11(18)7-4-8(13)10(16-14)9(5-7)17(19)20/h4-5,16H,2-3,6,14H2,1H3,(H,15,18). The lowest BCUT2D eigenvalue weighted by Crippen LogP contribution is -2.31. The van der Waals surface area contributed by atoms with Gasteiger partial charge in [-0.05, 0) is 25.2 Å². The first kappa shape index (κ1) is 15.9. The Bertz CT molecular complexity index is 592. The minimum atomic E-state index is -0.637. The molecule has 2 rings (SSSR count). The van der Waals surface area contributed by atoms with Crippen molar-refractivity contribution >= 4 is 40.6 Å². The van der Waals surface area contributed by atoms with Crippen molar-refractivity contribution < 1.29 is 9.72 Å². The molecule has 9 heteroatoms. The predicted octanol–water partition coefficient (Wildman–Crippen LogP) is 2.16. The van der Waals surface area contributed by atoms with Crippen molar-refractivity contribution in [2.45, 2.75) is 17.6 Å². The molecule has 1 aliphatic carbocycles. The van der Waals surface area contributed by atoms with Crippen LogP contribution < -0.4 is 16.6 Å². The Kier molecular flexibility index (Phi) is 4.60. The Hall–Kier alpha value is -1.51. The first-order valence-electron chi connectivity index (χ1n) is 6.20. The van der Waals surface area contributed by atoms with Crippen LogP contribution in [-0.2, 0) is 0 Å². The number of carbonyl (C=O) groups is 1. The molecular weight excluding hydrogens is 316 g/mol. The van der Waals surface area contributed by atoms with E-state index < -0.39 is 4.92 Å². The molecule has 7 nitrogen and oxygen atoms in total. The maximum absolute atomic E-state index is 12.1. The van der Waals surface area contributed by atoms with Gasteiger partial charge in [0.1, 0.15) is 5.69 Å². The topological polar surface area (TPSA) is 110 Å². The molecule has 0 spiro atoms. The number of rotatable bonds is 6. The molecule has 1 fully saturated rings. The SMILES string of the molecule is CSC1(CNC(=O)c2cc(Cl)c(NN)c([N+](=O)[O-])c2)CC1. The van der Waals surface area contributed by atoms with Gasteiger partial charge in [-0.15, -0.1) is 0 Å². The van der Waals surface area contributed by atoms with Gasteiger partial charge in [-0.2, -0.15) is 11.8 Å². The second-order valence-corrected chi connectivity index (χ2v) is 6.50. The molecule has 1 aromatic rings. The van der Waals surface area contributed by atoms with Crippen molar-refractivity contribution in [2.75, 3.05) is 18.2 Å². The van der Waals surface area contributed by atoms with Gasteiger partial charge < -0.3 is 10.7 Å². The molecule has 114 valence electrons. The highest BCUT2D eigenvalue weighted by Gasteiger charge is 2.42. The molecule has 0 saturated heterocycles. The van der Waals surface area contributed by atoms with Crippen LogP contribution in [0.25, 0.3) is 0 Å². The van der Waals surface area contributed by atoms with E-state index in [9.17, 15) is 14.9 Å². The zero-order valence-electron chi connectivity index (χ0n) is 11.3. The molecule has 0 heterocycles. The van der Waals surface area contributed by atoms with Gasteiger partial charge in [0.05, 0.1) is 9.95 Å². The molecule has 1 aliphatic rings. The van der Waals surface area contributed by atoms with Gasteiger partial charge in [-0.3, -0.25) is 20.8 Å². The summed E-state index contributed by atoms with van der Waals surface area (Å²) in [7, 11) is 0. The van der Waals surface area contributed by atoms with Crippen LogP contribution in [-0.4, -0.2) is 28.4 Å². The number of carbonyl (C=O) groups excluding carboxylic acids is 1. The number of thioether (sulfide) groups is 1. The number of anilines is 1. The number of nitrogens with one attached hydrogen (secondary N) is 2. The maximum Gasteiger partial charge on any atom is 0.295 e. The van der Waals surface area contributed by atoms with Gasteiger partial charge in [-0.25, -0.2) is 0 Å². The van der Waals surface area contributed by atoms with Crippen molar-refractivity contribution in [1.82, 2.24) is 5.32 Å². The third kappa shape index (κ3) is 3.39. The highest BCUT2D eigenvalue weighted by Crippen LogP contribution is 2.46. The summed E-state index contributed by atoms with van der Waals surface area (Å²) in [5.74, 6) is 4.83. The molecule has 0 aromatic heterocycles. The predicted molar refractivity (Wildman–Crippen MR) is 83.7 cm³/mol. The Morgan fingerprint density at radius 3 is 2.71 bits per heavy atom. The van der Waals surface area contributed by atoms with Gasteiger partial charge in [0.25, 0.3) is 11.6 Å². The first-order chi connectivity index (χ1) is 9.92. The summed E-state index contributed by atoms with van der Waals surface area (Å²) in [6, 6.07) is 2.52. The fourth-order valence-corrected chi connectivity index (χ4v) is 2.94. The van der Waals surface area contributed by atoms with Crippen LogP contribution in [0.2, 0.25) is 5.02 Å². The largest absolute Gasteiger partial charge is 0.351 e. The van der Waals surface area contributed by atoms with Gasteiger partial charge >= 0.3 is 0 Å². The van der Waals surface area contributed by atoms with Crippen molar-refractivity contribution in [3.05, 3.63) is 32.8 Å². The zero-order valence-corrected chi connectivity index (χ0v) is 12.9. The van der Waals surface area contributed by atoms with Crippen LogP contribution in [0.3, 0.4) is 0 Å². The Labute approximate surface area is 130 Å². The van der Waals surface area contributed by atoms with Crippen molar-refractivity contribution in [3.63, 3.8) is 0 Å². The Morgan fingerprint density at radius 1 is 1.57 bits per heavy atom. The molecule has 0 radical (unpaired) electrons. The molecule has 21 heavy (non-hydrogen) atoms. The second kappa shape index (κ2) is 6.08. The fourth-order valence-electron chi connectivity index (χ4n) is 1.95. The molecule has 1 saturated carbocycles. The molecule has 4 N–H and O–H groups in total. The number of hydrazine groups is 1. The molecule has 1 amide bonds. The summed E-state index contributed by atoms with van der Waals surface area (Å²) < 4.78 is 0.115. The second-order valence-electron chi connectivity index (χ2n) is 4.82. The zero-order chi connectivity index (χ0) is 15.6. The Morgan fingerprint density at radius 2 is 2.24 bits per heavy atom. The van der Waals surface area contributed by atoms with Gasteiger partial charge in [0.15, 0.2) is 0 Å². The minimum absolute atomic E-state index is 0.0130. The molecule has 0 bridgehead atoms. The van der Waals surface area contributed by atoms with Crippen LogP contribution >= 0.6 is 23.4 Å². The number of nitrogens with zero attached hydrogens (tertiary/aromatic N) is 1. The summed E-state index contributed by atoms with van der Waals surface area (Å²) in [5, 5.41) is 13.8. The lowest BCUT2D eigenvalue weighted by molar-refractivity contribution is -0.384. The minimum Gasteiger partial charge on any atom is -0.351 e. The normalized spacial score (nSPS) is 15.4. The van der Waals surface area contributed by atoms with Gasteiger partial charge in [-0.1, -0.05) is 11.6 Å². The van der Waals surface area contributed by atoms with Crippen LogP contribution in [0.15, 0.2) is 12.1 Å². The van der Waals surface area contributed by atoms with Crippen LogP contribution in [0.5, 0.6) is 0 Å². The van der Waals surface area contributed by atoms with E-state index in [1.54, 1.807) is 11.8 Å². The highest BCUT2D eigenvalue weighted by molar-refractivity contribution is 8.00. The van der Waals surface area contributed by atoms with Crippen molar-refractivity contribution in [3.8, 4) is 0 Å². The monoisotopic (exact) mass is 330 g/mol. The number of halogens is 1. The lowest BCUT2D eigenvalue weighted by atomic mass is 10.1. The number of benzene rings is 1.